The number of amides is 2. The summed E-state index contributed by atoms with van der Waals surface area (Å²) in [5.41, 5.74) is 1.55. The van der Waals surface area contributed by atoms with E-state index in [9.17, 15) is 14.4 Å². The maximum Gasteiger partial charge on any atom is 0.337 e. The first-order valence-corrected chi connectivity index (χ1v) is 8.14. The smallest absolute Gasteiger partial charge is 0.337 e. The van der Waals surface area contributed by atoms with Crippen molar-refractivity contribution in [3.05, 3.63) is 76.5 Å². The van der Waals surface area contributed by atoms with Crippen molar-refractivity contribution < 1.29 is 19.1 Å². The number of rotatable bonds is 5. The van der Waals surface area contributed by atoms with Crippen molar-refractivity contribution in [1.29, 1.82) is 0 Å². The molecule has 0 saturated heterocycles. The van der Waals surface area contributed by atoms with Gasteiger partial charge in [-0.05, 0) is 23.8 Å². The Kier molecular flexibility index (Phi) is 5.04. The van der Waals surface area contributed by atoms with E-state index in [1.807, 2.05) is 30.3 Å². The van der Waals surface area contributed by atoms with Gasteiger partial charge in [-0.25, -0.2) is 4.79 Å². The molecule has 0 radical (unpaired) electrons. The standard InChI is InChI=1S/C19H15ClN2O4/c1-26-19(25)13-8-5-9-14(10-13)21-16-15(20)17(23)22(18(16)24)11-12-6-3-2-4-7-12/h2-10,21H,11H2,1H3. The Morgan fingerprint density at radius 3 is 2.50 bits per heavy atom. The first-order valence-electron chi connectivity index (χ1n) is 7.76. The third kappa shape index (κ3) is 3.45. The van der Waals surface area contributed by atoms with Crippen LogP contribution in [0.15, 0.2) is 65.3 Å². The Morgan fingerprint density at radius 2 is 1.81 bits per heavy atom. The summed E-state index contributed by atoms with van der Waals surface area (Å²) in [5.74, 6) is -1.59. The molecule has 132 valence electrons. The van der Waals surface area contributed by atoms with E-state index >= 15 is 0 Å². The first kappa shape index (κ1) is 17.7. The van der Waals surface area contributed by atoms with Crippen LogP contribution in [0.2, 0.25) is 0 Å². The number of benzene rings is 2. The summed E-state index contributed by atoms with van der Waals surface area (Å²) in [4.78, 5) is 37.7. The number of hydrogen-bond donors (Lipinski definition) is 1. The summed E-state index contributed by atoms with van der Waals surface area (Å²) in [6.45, 7) is 0.127. The third-order valence-corrected chi connectivity index (χ3v) is 4.20. The third-order valence-electron chi connectivity index (χ3n) is 3.85. The maximum absolute atomic E-state index is 12.6. The molecule has 7 heteroatoms. The van der Waals surface area contributed by atoms with Gasteiger partial charge in [0, 0.05) is 5.69 Å². The molecule has 0 unspecified atom stereocenters. The average Bonchev–Trinajstić information content (AvgIpc) is 2.86. The Labute approximate surface area is 155 Å². The second-order valence-electron chi connectivity index (χ2n) is 5.57. The lowest BCUT2D eigenvalue weighted by atomic mass is 10.2. The highest BCUT2D eigenvalue weighted by molar-refractivity contribution is 6.48. The summed E-state index contributed by atoms with van der Waals surface area (Å²) in [5, 5.41) is 2.65. The van der Waals surface area contributed by atoms with Crippen molar-refractivity contribution in [2.45, 2.75) is 6.54 Å². The van der Waals surface area contributed by atoms with E-state index in [1.54, 1.807) is 18.2 Å². The molecule has 1 N–H and O–H groups in total. The molecular weight excluding hydrogens is 356 g/mol. The molecule has 2 aromatic rings. The molecule has 0 fully saturated rings. The summed E-state index contributed by atoms with van der Waals surface area (Å²) in [7, 11) is 1.28. The number of esters is 1. The molecule has 26 heavy (non-hydrogen) atoms. The Bertz CT molecular complexity index is 909. The number of hydrogen-bond acceptors (Lipinski definition) is 5. The van der Waals surface area contributed by atoms with Crippen LogP contribution in [0.5, 0.6) is 0 Å². The molecule has 1 aliphatic heterocycles. The Balaban J connectivity index is 1.81. The minimum Gasteiger partial charge on any atom is -0.465 e. The van der Waals surface area contributed by atoms with Crippen molar-refractivity contribution in [1.82, 2.24) is 4.90 Å². The Morgan fingerprint density at radius 1 is 1.08 bits per heavy atom. The lowest BCUT2D eigenvalue weighted by Gasteiger charge is -2.15. The first-order chi connectivity index (χ1) is 12.5. The lowest BCUT2D eigenvalue weighted by molar-refractivity contribution is -0.138. The fourth-order valence-corrected chi connectivity index (χ4v) is 2.78. The number of halogens is 1. The van der Waals surface area contributed by atoms with Gasteiger partial charge in [0.25, 0.3) is 11.8 Å². The van der Waals surface area contributed by atoms with Crippen molar-refractivity contribution in [2.75, 3.05) is 12.4 Å². The molecule has 1 heterocycles. The molecule has 0 aliphatic carbocycles. The number of nitrogens with one attached hydrogen (secondary N) is 1. The van der Waals surface area contributed by atoms with E-state index in [-0.39, 0.29) is 17.3 Å². The second-order valence-corrected chi connectivity index (χ2v) is 5.95. The van der Waals surface area contributed by atoms with Crippen molar-refractivity contribution in [2.24, 2.45) is 0 Å². The molecule has 6 nitrogen and oxygen atoms in total. The van der Waals surface area contributed by atoms with Gasteiger partial charge in [-0.3, -0.25) is 14.5 Å². The minimum absolute atomic E-state index is 0.0189. The number of imide groups is 1. The molecule has 3 rings (SSSR count). The molecular formula is C19H15ClN2O4. The summed E-state index contributed by atoms with van der Waals surface area (Å²) < 4.78 is 4.67. The van der Waals surface area contributed by atoms with Gasteiger partial charge in [-0.15, -0.1) is 0 Å². The van der Waals surface area contributed by atoms with E-state index < -0.39 is 17.8 Å². The van der Waals surface area contributed by atoms with Gasteiger partial charge in [-0.1, -0.05) is 48.0 Å². The highest BCUT2D eigenvalue weighted by Crippen LogP contribution is 2.27. The van der Waals surface area contributed by atoms with Crippen LogP contribution in [-0.2, 0) is 20.9 Å². The van der Waals surface area contributed by atoms with Gasteiger partial charge < -0.3 is 10.1 Å². The molecule has 2 amide bonds. The number of carbonyl (C=O) groups excluding carboxylic acids is 3. The largest absolute Gasteiger partial charge is 0.465 e. The zero-order chi connectivity index (χ0) is 18.7. The minimum atomic E-state index is -0.563. The molecule has 0 atom stereocenters. The lowest BCUT2D eigenvalue weighted by Crippen LogP contribution is -2.31. The van der Waals surface area contributed by atoms with Crippen LogP contribution < -0.4 is 5.32 Å². The molecule has 0 saturated carbocycles. The van der Waals surface area contributed by atoms with Gasteiger partial charge >= 0.3 is 5.97 Å². The summed E-state index contributed by atoms with van der Waals surface area (Å²) in [6.07, 6.45) is 0. The van der Waals surface area contributed by atoms with Crippen LogP contribution in [0.3, 0.4) is 0 Å². The van der Waals surface area contributed by atoms with Crippen LogP contribution >= 0.6 is 11.6 Å². The maximum atomic E-state index is 12.6. The SMILES string of the molecule is COC(=O)c1cccc(NC2=C(Cl)C(=O)N(Cc3ccccc3)C2=O)c1. The van der Waals surface area contributed by atoms with Gasteiger partial charge in [0.2, 0.25) is 0 Å². The quantitative estimate of drug-likeness (QED) is 0.647. The van der Waals surface area contributed by atoms with Gasteiger partial charge in [0.1, 0.15) is 10.7 Å². The second kappa shape index (κ2) is 7.41. The predicted molar refractivity (Wildman–Crippen MR) is 96.3 cm³/mol. The fraction of sp³-hybridized carbons (Fsp3) is 0.105. The van der Waals surface area contributed by atoms with Crippen molar-refractivity contribution in [3.8, 4) is 0 Å². The van der Waals surface area contributed by atoms with Crippen LogP contribution in [0.1, 0.15) is 15.9 Å². The topological polar surface area (TPSA) is 75.7 Å². The van der Waals surface area contributed by atoms with Gasteiger partial charge in [0.15, 0.2) is 0 Å². The van der Waals surface area contributed by atoms with E-state index in [0.29, 0.717) is 11.3 Å². The van der Waals surface area contributed by atoms with Crippen molar-refractivity contribution >= 4 is 35.1 Å². The van der Waals surface area contributed by atoms with Crippen LogP contribution in [-0.4, -0.2) is 29.8 Å². The highest BCUT2D eigenvalue weighted by atomic mass is 35.5. The van der Waals surface area contributed by atoms with Crippen molar-refractivity contribution in [3.63, 3.8) is 0 Å². The number of methoxy groups -OCH3 is 1. The normalized spacial score (nSPS) is 14.0. The summed E-state index contributed by atoms with van der Waals surface area (Å²) in [6, 6.07) is 15.5. The number of ether oxygens (including phenoxy) is 1. The highest BCUT2D eigenvalue weighted by Gasteiger charge is 2.37. The van der Waals surface area contributed by atoms with E-state index in [0.717, 1.165) is 10.5 Å². The number of anilines is 1. The average molecular weight is 371 g/mol. The molecule has 0 bridgehead atoms. The van der Waals surface area contributed by atoms with Crippen LogP contribution in [0.25, 0.3) is 0 Å². The Hall–Kier alpha value is -3.12. The van der Waals surface area contributed by atoms with Gasteiger partial charge in [-0.2, -0.15) is 0 Å². The fourth-order valence-electron chi connectivity index (χ4n) is 2.55. The summed E-state index contributed by atoms with van der Waals surface area (Å²) >= 11 is 6.08. The van der Waals surface area contributed by atoms with E-state index in [1.165, 1.54) is 13.2 Å². The monoisotopic (exact) mass is 370 g/mol. The number of carbonyl (C=O) groups is 3. The number of nitrogens with zero attached hydrogens (tertiary/aromatic N) is 1. The van der Waals surface area contributed by atoms with Crippen LogP contribution in [0.4, 0.5) is 5.69 Å². The van der Waals surface area contributed by atoms with Gasteiger partial charge in [0.05, 0.1) is 19.2 Å². The molecule has 0 aromatic heterocycles. The van der Waals surface area contributed by atoms with Crippen LogP contribution in [0, 0.1) is 0 Å². The molecule has 1 aliphatic rings. The molecule has 0 spiro atoms. The molecule has 2 aromatic carbocycles. The zero-order valence-corrected chi connectivity index (χ0v) is 14.6. The van der Waals surface area contributed by atoms with E-state index in [4.69, 9.17) is 11.6 Å². The predicted octanol–water partition coefficient (Wildman–Crippen LogP) is 2.90. The zero-order valence-electron chi connectivity index (χ0n) is 13.9. The van der Waals surface area contributed by atoms with E-state index in [2.05, 4.69) is 10.1 Å².